The molecule has 0 bridgehead atoms. The molecular weight excluding hydrogens is 327 g/mol. The summed E-state index contributed by atoms with van der Waals surface area (Å²) in [4.78, 5) is 8.63. The van der Waals surface area contributed by atoms with Gasteiger partial charge in [-0.2, -0.15) is 5.10 Å². The minimum absolute atomic E-state index is 0.283. The number of nitrogens with zero attached hydrogens (tertiary/aromatic N) is 3. The molecule has 0 fully saturated rings. The number of hydrogen-bond donors (Lipinski definition) is 1. The van der Waals surface area contributed by atoms with Crippen molar-refractivity contribution < 1.29 is 4.39 Å². The highest BCUT2D eigenvalue weighted by Gasteiger charge is 2.05. The molecule has 2 aromatic carbocycles. The van der Waals surface area contributed by atoms with Gasteiger partial charge in [0, 0.05) is 11.6 Å². The van der Waals surface area contributed by atoms with Crippen LogP contribution in [-0.2, 0) is 0 Å². The highest BCUT2D eigenvalue weighted by Crippen LogP contribution is 2.20. The van der Waals surface area contributed by atoms with Crippen LogP contribution in [0.25, 0.3) is 11.4 Å². The van der Waals surface area contributed by atoms with E-state index in [0.29, 0.717) is 22.5 Å². The van der Waals surface area contributed by atoms with Gasteiger partial charge >= 0.3 is 0 Å². The summed E-state index contributed by atoms with van der Waals surface area (Å²) in [6.07, 6.45) is 0. The van der Waals surface area contributed by atoms with Crippen molar-refractivity contribution in [1.82, 2.24) is 9.97 Å². The molecule has 4 nitrogen and oxygen atoms in total. The summed E-state index contributed by atoms with van der Waals surface area (Å²) in [5.74, 6) is 0.713. The maximum absolute atomic E-state index is 13.0. The van der Waals surface area contributed by atoms with E-state index in [2.05, 4.69) is 20.5 Å². The summed E-state index contributed by atoms with van der Waals surface area (Å²) in [7, 11) is 0. The molecule has 6 heteroatoms. The van der Waals surface area contributed by atoms with Gasteiger partial charge in [0.2, 0.25) is 0 Å². The summed E-state index contributed by atoms with van der Waals surface area (Å²) in [5.41, 5.74) is 5.24. The molecule has 0 unspecified atom stereocenters. The molecular formula is C18H14ClFN4. The lowest BCUT2D eigenvalue weighted by Crippen LogP contribution is -2.02. The standard InChI is InChI=1S/C18H14ClFN4/c1-12(13-7-9-15(20)10-8-13)23-24-17-11-16(19)21-18(22-17)14-5-3-2-4-6-14/h2-11H,1H3,(H,21,22,24)/b23-12-. The number of benzene rings is 2. The van der Waals surface area contributed by atoms with Crippen molar-refractivity contribution in [2.75, 3.05) is 5.43 Å². The molecule has 0 aliphatic rings. The molecule has 0 aliphatic carbocycles. The molecule has 1 aromatic heterocycles. The van der Waals surface area contributed by atoms with Crippen molar-refractivity contribution in [1.29, 1.82) is 0 Å². The molecule has 120 valence electrons. The Morgan fingerprint density at radius 2 is 1.75 bits per heavy atom. The van der Waals surface area contributed by atoms with Crippen molar-refractivity contribution in [2.24, 2.45) is 5.10 Å². The van der Waals surface area contributed by atoms with Crippen molar-refractivity contribution in [3.63, 3.8) is 0 Å². The van der Waals surface area contributed by atoms with E-state index in [-0.39, 0.29) is 5.82 Å². The molecule has 0 atom stereocenters. The third kappa shape index (κ3) is 3.94. The Bertz CT molecular complexity index is 864. The summed E-state index contributed by atoms with van der Waals surface area (Å²) in [6.45, 7) is 1.82. The summed E-state index contributed by atoms with van der Waals surface area (Å²) < 4.78 is 13.0. The van der Waals surface area contributed by atoms with E-state index in [1.807, 2.05) is 37.3 Å². The highest BCUT2D eigenvalue weighted by molar-refractivity contribution is 6.29. The van der Waals surface area contributed by atoms with Crippen molar-refractivity contribution in [2.45, 2.75) is 6.92 Å². The van der Waals surface area contributed by atoms with Crippen LogP contribution in [-0.4, -0.2) is 15.7 Å². The molecule has 1 N–H and O–H groups in total. The first-order chi connectivity index (χ1) is 11.6. The van der Waals surface area contributed by atoms with Crippen LogP contribution in [0.5, 0.6) is 0 Å². The maximum atomic E-state index is 13.0. The van der Waals surface area contributed by atoms with Crippen LogP contribution in [0.3, 0.4) is 0 Å². The fourth-order valence-electron chi connectivity index (χ4n) is 2.09. The quantitative estimate of drug-likeness (QED) is 0.423. The third-order valence-electron chi connectivity index (χ3n) is 3.33. The van der Waals surface area contributed by atoms with Crippen LogP contribution in [0.15, 0.2) is 65.8 Å². The lowest BCUT2D eigenvalue weighted by molar-refractivity contribution is 0.628. The first-order valence-corrected chi connectivity index (χ1v) is 7.66. The summed E-state index contributed by atoms with van der Waals surface area (Å²) in [6, 6.07) is 17.3. The first-order valence-electron chi connectivity index (χ1n) is 7.28. The maximum Gasteiger partial charge on any atom is 0.163 e. The van der Waals surface area contributed by atoms with Crippen LogP contribution in [0.1, 0.15) is 12.5 Å². The van der Waals surface area contributed by atoms with Crippen molar-refractivity contribution in [3.8, 4) is 11.4 Å². The van der Waals surface area contributed by atoms with Gasteiger partial charge in [0.25, 0.3) is 0 Å². The smallest absolute Gasteiger partial charge is 0.163 e. The Balaban J connectivity index is 1.84. The van der Waals surface area contributed by atoms with E-state index in [4.69, 9.17) is 11.6 Å². The Morgan fingerprint density at radius 1 is 1.04 bits per heavy atom. The van der Waals surface area contributed by atoms with E-state index in [1.165, 1.54) is 12.1 Å². The van der Waals surface area contributed by atoms with Gasteiger partial charge in [0.05, 0.1) is 5.71 Å². The second-order valence-electron chi connectivity index (χ2n) is 5.08. The molecule has 0 saturated heterocycles. The van der Waals surface area contributed by atoms with Gasteiger partial charge in [0.15, 0.2) is 11.6 Å². The fourth-order valence-corrected chi connectivity index (χ4v) is 2.27. The van der Waals surface area contributed by atoms with Gasteiger partial charge < -0.3 is 0 Å². The van der Waals surface area contributed by atoms with E-state index >= 15 is 0 Å². The predicted octanol–water partition coefficient (Wildman–Crippen LogP) is 4.77. The van der Waals surface area contributed by atoms with E-state index in [9.17, 15) is 4.39 Å². The third-order valence-corrected chi connectivity index (χ3v) is 3.52. The molecule has 1 heterocycles. The lowest BCUT2D eigenvalue weighted by atomic mass is 10.1. The fraction of sp³-hybridized carbons (Fsp3) is 0.0556. The number of hydrogen-bond acceptors (Lipinski definition) is 4. The second-order valence-corrected chi connectivity index (χ2v) is 5.47. The number of rotatable bonds is 4. The number of nitrogens with one attached hydrogen (secondary N) is 1. The zero-order valence-corrected chi connectivity index (χ0v) is 13.6. The number of halogens is 2. The first kappa shape index (κ1) is 16.1. The minimum atomic E-state index is -0.283. The topological polar surface area (TPSA) is 50.2 Å². The lowest BCUT2D eigenvalue weighted by Gasteiger charge is -2.06. The summed E-state index contributed by atoms with van der Waals surface area (Å²) in [5, 5.41) is 4.59. The average molecular weight is 341 g/mol. The van der Waals surface area contributed by atoms with Gasteiger partial charge in [-0.3, -0.25) is 5.43 Å². The Kier molecular flexibility index (Phi) is 4.82. The number of hydrazone groups is 1. The van der Waals surface area contributed by atoms with Crippen LogP contribution >= 0.6 is 11.6 Å². The molecule has 0 amide bonds. The average Bonchev–Trinajstić information content (AvgIpc) is 2.60. The van der Waals surface area contributed by atoms with Crippen LogP contribution < -0.4 is 5.43 Å². The Morgan fingerprint density at radius 3 is 2.46 bits per heavy atom. The van der Waals surface area contributed by atoms with Crippen LogP contribution in [0, 0.1) is 5.82 Å². The second kappa shape index (κ2) is 7.19. The van der Waals surface area contributed by atoms with Gasteiger partial charge in [-0.1, -0.05) is 54.1 Å². The molecule has 24 heavy (non-hydrogen) atoms. The Hall–Kier alpha value is -2.79. The SMILES string of the molecule is C/C(=N/Nc1cc(Cl)nc(-c2ccccc2)n1)c1ccc(F)cc1. The van der Waals surface area contributed by atoms with E-state index < -0.39 is 0 Å². The van der Waals surface area contributed by atoms with Gasteiger partial charge in [0.1, 0.15) is 11.0 Å². The van der Waals surface area contributed by atoms with Crippen molar-refractivity contribution >= 4 is 23.1 Å². The highest BCUT2D eigenvalue weighted by atomic mass is 35.5. The molecule has 0 aliphatic heterocycles. The monoisotopic (exact) mass is 340 g/mol. The van der Waals surface area contributed by atoms with E-state index in [0.717, 1.165) is 11.1 Å². The zero-order valence-electron chi connectivity index (χ0n) is 12.9. The van der Waals surface area contributed by atoms with Crippen LogP contribution in [0.4, 0.5) is 10.2 Å². The number of anilines is 1. The van der Waals surface area contributed by atoms with E-state index in [1.54, 1.807) is 18.2 Å². The minimum Gasteiger partial charge on any atom is -0.261 e. The van der Waals surface area contributed by atoms with Gasteiger partial charge in [-0.25, -0.2) is 14.4 Å². The largest absolute Gasteiger partial charge is 0.261 e. The number of aromatic nitrogens is 2. The van der Waals surface area contributed by atoms with Gasteiger partial charge in [-0.05, 0) is 24.6 Å². The van der Waals surface area contributed by atoms with Gasteiger partial charge in [-0.15, -0.1) is 0 Å². The summed E-state index contributed by atoms with van der Waals surface area (Å²) >= 11 is 6.07. The van der Waals surface area contributed by atoms with Crippen molar-refractivity contribution in [3.05, 3.63) is 77.2 Å². The zero-order chi connectivity index (χ0) is 16.9. The van der Waals surface area contributed by atoms with Crippen LogP contribution in [0.2, 0.25) is 5.15 Å². The Labute approximate surface area is 144 Å². The molecule has 3 aromatic rings. The molecule has 3 rings (SSSR count). The predicted molar refractivity (Wildman–Crippen MR) is 94.7 cm³/mol. The molecule has 0 saturated carbocycles. The molecule has 0 radical (unpaired) electrons. The molecule has 0 spiro atoms. The normalized spacial score (nSPS) is 11.4.